The van der Waals surface area contributed by atoms with E-state index in [2.05, 4.69) is 50.0 Å². The zero-order valence-corrected chi connectivity index (χ0v) is 15.1. The average Bonchev–Trinajstić information content (AvgIpc) is 3.12. The summed E-state index contributed by atoms with van der Waals surface area (Å²) < 4.78 is 0. The number of piperidine rings is 1. The minimum atomic E-state index is 0.420. The zero-order chi connectivity index (χ0) is 17.5. The molecule has 1 N–H and O–H groups in total. The third-order valence-electron chi connectivity index (χ3n) is 5.69. The summed E-state index contributed by atoms with van der Waals surface area (Å²) >= 11 is 0. The third kappa shape index (κ3) is 2.74. The number of rotatable bonds is 2. The van der Waals surface area contributed by atoms with E-state index in [1.165, 1.54) is 17.7 Å². The van der Waals surface area contributed by atoms with Gasteiger partial charge in [0, 0.05) is 44.1 Å². The molecule has 2 aromatic heterocycles. The average molecular weight is 348 g/mol. The van der Waals surface area contributed by atoms with Crippen molar-refractivity contribution in [1.29, 1.82) is 0 Å². The molecule has 5 rings (SSSR count). The van der Waals surface area contributed by atoms with Crippen LogP contribution in [-0.2, 0) is 13.0 Å². The first-order chi connectivity index (χ1) is 12.8. The van der Waals surface area contributed by atoms with Crippen molar-refractivity contribution in [3.63, 3.8) is 0 Å². The fourth-order valence-corrected chi connectivity index (χ4v) is 4.29. The molecule has 4 heterocycles. The van der Waals surface area contributed by atoms with E-state index in [9.17, 15) is 0 Å². The summed E-state index contributed by atoms with van der Waals surface area (Å²) in [5, 5.41) is 0. The Morgan fingerprint density at radius 1 is 1.15 bits per heavy atom. The maximum atomic E-state index is 4.84. The normalized spacial score (nSPS) is 21.1. The molecule has 0 saturated carbocycles. The number of para-hydroxylation sites is 2. The van der Waals surface area contributed by atoms with Gasteiger partial charge in [-0.25, -0.2) is 15.0 Å². The zero-order valence-electron chi connectivity index (χ0n) is 15.1. The fourth-order valence-electron chi connectivity index (χ4n) is 4.29. The topological polar surface area (TPSA) is 60.9 Å². The number of nitrogens with zero attached hydrogens (tertiary/aromatic N) is 5. The van der Waals surface area contributed by atoms with Gasteiger partial charge in [-0.05, 0) is 32.0 Å². The van der Waals surface area contributed by atoms with E-state index in [4.69, 9.17) is 4.98 Å². The number of fused-ring (bicyclic) bond motifs is 2. The molecule has 6 heteroatoms. The van der Waals surface area contributed by atoms with Crippen LogP contribution < -0.4 is 4.90 Å². The molecule has 2 aliphatic heterocycles. The highest BCUT2D eigenvalue weighted by molar-refractivity contribution is 5.74. The Labute approximate surface area is 153 Å². The summed E-state index contributed by atoms with van der Waals surface area (Å²) in [5.74, 6) is 2.65. The molecule has 0 radical (unpaired) electrons. The van der Waals surface area contributed by atoms with Crippen LogP contribution in [0, 0.1) is 0 Å². The van der Waals surface area contributed by atoms with Crippen molar-refractivity contribution in [2.24, 2.45) is 0 Å². The van der Waals surface area contributed by atoms with Gasteiger partial charge in [-0.1, -0.05) is 12.1 Å². The van der Waals surface area contributed by atoms with Crippen LogP contribution in [0.2, 0.25) is 0 Å². The van der Waals surface area contributed by atoms with Gasteiger partial charge in [-0.2, -0.15) is 0 Å². The van der Waals surface area contributed by atoms with E-state index in [1.807, 2.05) is 6.07 Å². The quantitative estimate of drug-likeness (QED) is 0.772. The number of imidazole rings is 1. The monoisotopic (exact) mass is 348 g/mol. The van der Waals surface area contributed by atoms with Crippen molar-refractivity contribution in [1.82, 2.24) is 24.8 Å². The van der Waals surface area contributed by atoms with Crippen LogP contribution in [0.1, 0.15) is 35.8 Å². The van der Waals surface area contributed by atoms with Crippen molar-refractivity contribution in [2.45, 2.75) is 31.7 Å². The molecule has 0 unspecified atom stereocenters. The van der Waals surface area contributed by atoms with Crippen molar-refractivity contribution >= 4 is 16.9 Å². The molecule has 0 amide bonds. The van der Waals surface area contributed by atoms with Gasteiger partial charge in [0.05, 0.1) is 16.7 Å². The van der Waals surface area contributed by atoms with Crippen LogP contribution in [0.3, 0.4) is 0 Å². The summed E-state index contributed by atoms with van der Waals surface area (Å²) in [6.07, 6.45) is 5.09. The Morgan fingerprint density at radius 3 is 3.00 bits per heavy atom. The summed E-state index contributed by atoms with van der Waals surface area (Å²) in [7, 11) is 2.17. The number of hydrogen-bond donors (Lipinski definition) is 1. The number of aromatic amines is 1. The number of benzene rings is 1. The van der Waals surface area contributed by atoms with E-state index in [1.54, 1.807) is 6.33 Å². The highest BCUT2D eigenvalue weighted by Gasteiger charge is 2.28. The SMILES string of the molecule is CN1CCc2ncnc(N3CCC[C@@H](c4nc5ccccc5[nH]4)C3)c2C1. The molecule has 0 aliphatic carbocycles. The second kappa shape index (κ2) is 6.36. The van der Waals surface area contributed by atoms with E-state index >= 15 is 0 Å². The van der Waals surface area contributed by atoms with Gasteiger partial charge in [-0.3, -0.25) is 0 Å². The maximum absolute atomic E-state index is 4.84. The van der Waals surface area contributed by atoms with Crippen LogP contribution in [-0.4, -0.2) is 51.5 Å². The minimum absolute atomic E-state index is 0.420. The largest absolute Gasteiger partial charge is 0.356 e. The standard InChI is InChI=1S/C20H24N6/c1-25-10-8-16-15(12-25)20(22-13-21-16)26-9-4-5-14(11-26)19-23-17-6-2-3-7-18(17)24-19/h2-3,6-7,13-14H,4-5,8-12H2,1H3,(H,23,24)/t14-/m1/s1. The molecule has 134 valence electrons. The first kappa shape index (κ1) is 15.8. The molecular weight excluding hydrogens is 324 g/mol. The van der Waals surface area contributed by atoms with Crippen molar-refractivity contribution in [3.05, 3.63) is 47.7 Å². The molecule has 1 saturated heterocycles. The third-order valence-corrected chi connectivity index (χ3v) is 5.69. The lowest BCUT2D eigenvalue weighted by atomic mass is 9.96. The van der Waals surface area contributed by atoms with E-state index in [-0.39, 0.29) is 0 Å². The Morgan fingerprint density at radius 2 is 2.08 bits per heavy atom. The molecule has 1 atom stereocenters. The molecule has 0 spiro atoms. The highest BCUT2D eigenvalue weighted by Crippen LogP contribution is 2.32. The number of likely N-dealkylation sites (N-methyl/N-ethyl adjacent to an activating group) is 1. The van der Waals surface area contributed by atoms with Gasteiger partial charge >= 0.3 is 0 Å². The molecular formula is C20H24N6. The summed E-state index contributed by atoms with van der Waals surface area (Å²) in [4.78, 5) is 22.4. The number of anilines is 1. The highest BCUT2D eigenvalue weighted by atomic mass is 15.2. The summed E-state index contributed by atoms with van der Waals surface area (Å²) in [5.41, 5.74) is 4.71. The number of H-pyrrole nitrogens is 1. The molecule has 6 nitrogen and oxygen atoms in total. The van der Waals surface area contributed by atoms with Crippen molar-refractivity contribution in [3.8, 4) is 0 Å². The van der Waals surface area contributed by atoms with Gasteiger partial charge in [0.15, 0.2) is 0 Å². The summed E-state index contributed by atoms with van der Waals surface area (Å²) in [6, 6.07) is 8.28. The van der Waals surface area contributed by atoms with Gasteiger partial charge in [0.25, 0.3) is 0 Å². The van der Waals surface area contributed by atoms with Gasteiger partial charge < -0.3 is 14.8 Å². The smallest absolute Gasteiger partial charge is 0.136 e. The second-order valence-electron chi connectivity index (χ2n) is 7.53. The molecule has 1 aromatic carbocycles. The minimum Gasteiger partial charge on any atom is -0.356 e. The number of hydrogen-bond acceptors (Lipinski definition) is 5. The van der Waals surface area contributed by atoms with E-state index in [0.29, 0.717) is 5.92 Å². The van der Waals surface area contributed by atoms with Crippen LogP contribution >= 0.6 is 0 Å². The Kier molecular flexibility index (Phi) is 3.85. The van der Waals surface area contributed by atoms with Crippen LogP contribution in [0.5, 0.6) is 0 Å². The lowest BCUT2D eigenvalue weighted by Gasteiger charge is -2.35. The maximum Gasteiger partial charge on any atom is 0.136 e. The summed E-state index contributed by atoms with van der Waals surface area (Å²) in [6.45, 7) is 4.04. The first-order valence-corrected chi connectivity index (χ1v) is 9.49. The van der Waals surface area contributed by atoms with Crippen molar-refractivity contribution in [2.75, 3.05) is 31.6 Å². The molecule has 2 aliphatic rings. The predicted octanol–water partition coefficient (Wildman–Crippen LogP) is 2.72. The van der Waals surface area contributed by atoms with Gasteiger partial charge in [0.2, 0.25) is 0 Å². The Balaban J connectivity index is 1.44. The Hall–Kier alpha value is -2.47. The fraction of sp³-hybridized carbons (Fsp3) is 0.450. The van der Waals surface area contributed by atoms with E-state index in [0.717, 1.165) is 61.7 Å². The molecule has 1 fully saturated rings. The predicted molar refractivity (Wildman–Crippen MR) is 102 cm³/mol. The molecule has 0 bridgehead atoms. The number of nitrogens with one attached hydrogen (secondary N) is 1. The van der Waals surface area contributed by atoms with Gasteiger partial charge in [0.1, 0.15) is 18.0 Å². The lowest BCUT2D eigenvalue weighted by Crippen LogP contribution is -2.38. The van der Waals surface area contributed by atoms with Crippen LogP contribution in [0.15, 0.2) is 30.6 Å². The van der Waals surface area contributed by atoms with E-state index < -0.39 is 0 Å². The Bertz CT molecular complexity index is 900. The second-order valence-corrected chi connectivity index (χ2v) is 7.53. The van der Waals surface area contributed by atoms with Crippen LogP contribution in [0.25, 0.3) is 11.0 Å². The first-order valence-electron chi connectivity index (χ1n) is 9.49. The molecule has 3 aromatic rings. The molecule has 26 heavy (non-hydrogen) atoms. The van der Waals surface area contributed by atoms with Crippen molar-refractivity contribution < 1.29 is 0 Å². The number of aromatic nitrogens is 4. The lowest BCUT2D eigenvalue weighted by molar-refractivity contribution is 0.308. The van der Waals surface area contributed by atoms with Gasteiger partial charge in [-0.15, -0.1) is 0 Å². The van der Waals surface area contributed by atoms with Crippen LogP contribution in [0.4, 0.5) is 5.82 Å².